The molecule has 0 unspecified atom stereocenters. The summed E-state index contributed by atoms with van der Waals surface area (Å²) in [5.41, 5.74) is 5.46. The largest absolute Gasteiger partial charge is 0.450 e. The van der Waals surface area contributed by atoms with E-state index in [1.165, 1.54) is 6.42 Å². The molecule has 2 aliphatic rings. The van der Waals surface area contributed by atoms with Crippen molar-refractivity contribution >= 4 is 34.2 Å². The molecule has 1 aliphatic carbocycles. The van der Waals surface area contributed by atoms with Crippen LogP contribution in [-0.2, 0) is 12.0 Å². The van der Waals surface area contributed by atoms with Gasteiger partial charge in [0.2, 0.25) is 0 Å². The van der Waals surface area contributed by atoms with Gasteiger partial charge in [-0.25, -0.2) is 0 Å². The summed E-state index contributed by atoms with van der Waals surface area (Å²) in [6.07, 6.45) is 6.14. The fraction of sp³-hybridized carbons (Fsp3) is 0.440. The van der Waals surface area contributed by atoms with Crippen molar-refractivity contribution in [3.05, 3.63) is 57.8 Å². The maximum Gasteiger partial charge on any atom is 0.289 e. The molecule has 2 aromatic heterocycles. The van der Waals surface area contributed by atoms with Gasteiger partial charge in [0.05, 0.1) is 27.8 Å². The Morgan fingerprint density at radius 1 is 1.27 bits per heavy atom. The van der Waals surface area contributed by atoms with E-state index in [0.29, 0.717) is 17.3 Å². The van der Waals surface area contributed by atoms with Crippen molar-refractivity contribution in [3.63, 3.8) is 0 Å². The van der Waals surface area contributed by atoms with Crippen molar-refractivity contribution in [2.75, 3.05) is 18.9 Å². The van der Waals surface area contributed by atoms with Gasteiger partial charge in [-0.05, 0) is 50.8 Å². The van der Waals surface area contributed by atoms with Crippen LogP contribution in [0.1, 0.15) is 65.2 Å². The first-order chi connectivity index (χ1) is 15.8. The van der Waals surface area contributed by atoms with E-state index in [-0.39, 0.29) is 11.4 Å². The third-order valence-corrected chi connectivity index (χ3v) is 7.44. The molecule has 7 nitrogen and oxygen atoms in total. The van der Waals surface area contributed by atoms with Gasteiger partial charge in [0.15, 0.2) is 5.76 Å². The Kier molecular flexibility index (Phi) is 5.40. The molecule has 3 N–H and O–H groups in total. The maximum atomic E-state index is 13.2. The van der Waals surface area contributed by atoms with Crippen LogP contribution in [0.15, 0.2) is 28.9 Å². The smallest absolute Gasteiger partial charge is 0.289 e. The Balaban J connectivity index is 1.49. The lowest BCUT2D eigenvalue weighted by Crippen LogP contribution is -2.48. The van der Waals surface area contributed by atoms with E-state index in [1.54, 1.807) is 11.9 Å². The Morgan fingerprint density at radius 2 is 2.03 bits per heavy atom. The third kappa shape index (κ3) is 3.68. The zero-order valence-electron chi connectivity index (χ0n) is 19.4. The first-order valence-corrected chi connectivity index (χ1v) is 11.9. The van der Waals surface area contributed by atoms with Crippen molar-refractivity contribution in [2.45, 2.75) is 57.9 Å². The van der Waals surface area contributed by atoms with Crippen molar-refractivity contribution in [2.24, 2.45) is 0 Å². The Labute approximate surface area is 198 Å². The number of aromatic nitrogens is 2. The van der Waals surface area contributed by atoms with Crippen LogP contribution in [0.4, 0.5) is 5.69 Å². The van der Waals surface area contributed by atoms with Gasteiger partial charge >= 0.3 is 0 Å². The second-order valence-electron chi connectivity index (χ2n) is 9.40. The van der Waals surface area contributed by atoms with Crippen molar-refractivity contribution in [1.29, 1.82) is 0 Å². The van der Waals surface area contributed by atoms with Gasteiger partial charge in [0.1, 0.15) is 5.58 Å². The van der Waals surface area contributed by atoms with E-state index in [4.69, 9.17) is 16.0 Å². The summed E-state index contributed by atoms with van der Waals surface area (Å²) in [5.74, 6) is 0.930. The predicted molar refractivity (Wildman–Crippen MR) is 131 cm³/mol. The monoisotopic (exact) mass is 467 g/mol. The molecule has 1 aromatic carbocycles. The van der Waals surface area contributed by atoms with Gasteiger partial charge in [0, 0.05) is 30.2 Å². The molecule has 0 radical (unpaired) electrons. The van der Waals surface area contributed by atoms with Gasteiger partial charge < -0.3 is 20.0 Å². The average Bonchev–Trinajstić information content (AvgIpc) is 3.34. The lowest BCUT2D eigenvalue weighted by Gasteiger charge is -2.44. The number of benzene rings is 1. The summed E-state index contributed by atoms with van der Waals surface area (Å²) in [6, 6.07) is 3.69. The van der Waals surface area contributed by atoms with Crippen molar-refractivity contribution in [1.82, 2.24) is 20.4 Å². The number of carbonyl (C=O) groups is 1. The molecule has 5 rings (SSSR count). The number of furan rings is 1. The van der Waals surface area contributed by atoms with Crippen molar-refractivity contribution < 1.29 is 9.21 Å². The fourth-order valence-electron chi connectivity index (χ4n) is 5.41. The van der Waals surface area contributed by atoms with E-state index in [1.807, 2.05) is 26.0 Å². The number of aryl methyl sites for hydroxylation is 2. The molecular weight excluding hydrogens is 438 g/mol. The second kappa shape index (κ2) is 8.13. The van der Waals surface area contributed by atoms with Crippen LogP contribution in [0, 0.1) is 13.8 Å². The van der Waals surface area contributed by atoms with E-state index in [9.17, 15) is 4.79 Å². The van der Waals surface area contributed by atoms with Crippen LogP contribution < -0.4 is 10.6 Å². The minimum atomic E-state index is -0.278. The summed E-state index contributed by atoms with van der Waals surface area (Å²) in [7, 11) is 1.80. The molecular formula is C25H30ClN5O2. The number of hydrogen-bond donors (Lipinski definition) is 3. The Hall–Kier alpha value is -2.93. The van der Waals surface area contributed by atoms with E-state index >= 15 is 0 Å². The standard InChI is InChI=1S/C25H30ClN5O2/c1-14-18(15(2)30-29-14)8-11-31(4)24(32)20-13-17-12-19(26)22-21(23(17)33-20)25(28-16(3)27-22)9-6-5-7-10-25/h12-13,27-28H,3,5-11H2,1-2,4H3,(H,29,30). The molecule has 0 saturated heterocycles. The number of halogens is 1. The van der Waals surface area contributed by atoms with E-state index < -0.39 is 0 Å². The van der Waals surface area contributed by atoms with Crippen LogP contribution in [0.25, 0.3) is 11.0 Å². The highest BCUT2D eigenvalue weighted by molar-refractivity contribution is 6.34. The molecule has 1 saturated carbocycles. The molecule has 1 fully saturated rings. The summed E-state index contributed by atoms with van der Waals surface area (Å²) in [4.78, 5) is 14.9. The molecule has 3 heterocycles. The van der Waals surface area contributed by atoms with Crippen LogP contribution in [0.5, 0.6) is 0 Å². The summed E-state index contributed by atoms with van der Waals surface area (Å²) >= 11 is 6.70. The predicted octanol–water partition coefficient (Wildman–Crippen LogP) is 5.39. The SMILES string of the molecule is C=C1Nc2c(Cl)cc3cc(C(=O)N(C)CCc4c(C)n[nH]c4C)oc3c2C2(CCCCC2)N1. The van der Waals surface area contributed by atoms with Crippen molar-refractivity contribution in [3.8, 4) is 0 Å². The lowest BCUT2D eigenvalue weighted by atomic mass is 9.74. The topological polar surface area (TPSA) is 86.2 Å². The van der Waals surface area contributed by atoms with Crippen LogP contribution >= 0.6 is 11.6 Å². The molecule has 0 atom stereocenters. The first-order valence-electron chi connectivity index (χ1n) is 11.6. The van der Waals surface area contributed by atoms with Crippen LogP contribution in [0.2, 0.25) is 5.02 Å². The molecule has 1 spiro atoms. The molecule has 174 valence electrons. The average molecular weight is 468 g/mol. The van der Waals surface area contributed by atoms with Gasteiger partial charge in [-0.3, -0.25) is 9.89 Å². The Bertz CT molecular complexity index is 1230. The Morgan fingerprint density at radius 3 is 2.73 bits per heavy atom. The highest BCUT2D eigenvalue weighted by Gasteiger charge is 2.42. The quantitative estimate of drug-likeness (QED) is 0.479. The molecule has 33 heavy (non-hydrogen) atoms. The summed E-state index contributed by atoms with van der Waals surface area (Å²) < 4.78 is 6.27. The summed E-state index contributed by atoms with van der Waals surface area (Å²) in [6.45, 7) is 8.67. The highest BCUT2D eigenvalue weighted by Crippen LogP contribution is 2.49. The normalized spacial score (nSPS) is 17.0. The number of amides is 1. The minimum absolute atomic E-state index is 0.145. The van der Waals surface area contributed by atoms with Crippen LogP contribution in [0.3, 0.4) is 0 Å². The molecule has 3 aromatic rings. The van der Waals surface area contributed by atoms with Gasteiger partial charge in [0.25, 0.3) is 5.91 Å². The van der Waals surface area contributed by atoms with Crippen LogP contribution in [-0.4, -0.2) is 34.6 Å². The molecule has 1 amide bonds. The number of nitrogens with one attached hydrogen (secondary N) is 3. The molecule has 1 aliphatic heterocycles. The zero-order valence-corrected chi connectivity index (χ0v) is 20.2. The molecule has 0 bridgehead atoms. The van der Waals surface area contributed by atoms with E-state index in [0.717, 1.165) is 77.1 Å². The number of rotatable bonds is 4. The van der Waals surface area contributed by atoms with E-state index in [2.05, 4.69) is 27.4 Å². The van der Waals surface area contributed by atoms with Gasteiger partial charge in [-0.2, -0.15) is 5.10 Å². The fourth-order valence-corrected chi connectivity index (χ4v) is 5.67. The number of H-pyrrole nitrogens is 1. The number of likely N-dealkylation sites (N-methyl/N-ethyl adjacent to an activating group) is 1. The number of hydrogen-bond acceptors (Lipinski definition) is 5. The number of fused-ring (bicyclic) bond motifs is 4. The number of aromatic amines is 1. The minimum Gasteiger partial charge on any atom is -0.450 e. The number of anilines is 1. The number of carbonyl (C=O) groups excluding carboxylic acids is 1. The molecule has 8 heteroatoms. The van der Waals surface area contributed by atoms with Gasteiger partial charge in [-0.1, -0.05) is 37.4 Å². The highest BCUT2D eigenvalue weighted by atomic mass is 35.5. The first kappa shape index (κ1) is 21.9. The number of nitrogens with zero attached hydrogens (tertiary/aromatic N) is 2. The summed E-state index contributed by atoms with van der Waals surface area (Å²) in [5, 5.41) is 15.6. The lowest BCUT2D eigenvalue weighted by molar-refractivity contribution is 0.0767. The maximum absolute atomic E-state index is 13.2. The second-order valence-corrected chi connectivity index (χ2v) is 9.81. The van der Waals surface area contributed by atoms with Gasteiger partial charge in [-0.15, -0.1) is 0 Å². The third-order valence-electron chi connectivity index (χ3n) is 7.15. The zero-order chi connectivity index (χ0) is 23.3.